The van der Waals surface area contributed by atoms with E-state index in [9.17, 15) is 4.79 Å². The molecular weight excluding hydrogens is 182 g/mol. The first kappa shape index (κ1) is 9.68. The first-order valence-corrected chi connectivity index (χ1v) is 4.98. The maximum Gasteiger partial charge on any atom is 0.313 e. The van der Waals surface area contributed by atoms with Crippen LogP contribution >= 0.6 is 0 Å². The lowest BCUT2D eigenvalue weighted by Crippen LogP contribution is -2.25. The molecule has 2 N–H and O–H groups in total. The largest absolute Gasteiger partial charge is 0.459 e. The van der Waals surface area contributed by atoms with Gasteiger partial charge in [-0.05, 0) is 6.42 Å². The fourth-order valence-electron chi connectivity index (χ4n) is 1.76. The summed E-state index contributed by atoms with van der Waals surface area (Å²) in [6, 6.07) is 0.00683. The number of rotatable bonds is 2. The predicted octanol–water partition coefficient (Wildman–Crippen LogP) is 0.222. The first-order chi connectivity index (χ1) is 6.75. The van der Waals surface area contributed by atoms with Gasteiger partial charge in [0.05, 0.1) is 19.1 Å². The van der Waals surface area contributed by atoms with E-state index in [4.69, 9.17) is 15.2 Å². The van der Waals surface area contributed by atoms with Crippen LogP contribution in [0.25, 0.3) is 0 Å². The molecule has 1 fully saturated rings. The van der Waals surface area contributed by atoms with Crippen molar-refractivity contribution >= 4 is 5.97 Å². The van der Waals surface area contributed by atoms with Crippen LogP contribution in [0.4, 0.5) is 0 Å². The van der Waals surface area contributed by atoms with Crippen molar-refractivity contribution in [1.82, 2.24) is 0 Å². The Balaban J connectivity index is 1.80. The molecule has 0 aromatic rings. The van der Waals surface area contributed by atoms with Crippen LogP contribution in [0.5, 0.6) is 0 Å². The van der Waals surface area contributed by atoms with Crippen molar-refractivity contribution in [2.45, 2.75) is 25.0 Å². The van der Waals surface area contributed by atoms with Gasteiger partial charge in [-0.3, -0.25) is 4.79 Å². The number of carbonyl (C=O) groups is 1. The summed E-state index contributed by atoms with van der Waals surface area (Å²) in [6.07, 6.45) is 5.13. The maximum atomic E-state index is 11.6. The fourth-order valence-corrected chi connectivity index (χ4v) is 1.76. The molecule has 0 radical (unpaired) electrons. The lowest BCUT2D eigenvalue weighted by atomic mass is 10.1. The molecule has 0 aromatic heterocycles. The lowest BCUT2D eigenvalue weighted by molar-refractivity contribution is -0.152. The molecule has 78 valence electrons. The topological polar surface area (TPSA) is 61.6 Å². The second-order valence-corrected chi connectivity index (χ2v) is 3.81. The van der Waals surface area contributed by atoms with Crippen LogP contribution in [0.3, 0.4) is 0 Å². The molecule has 2 aliphatic rings. The highest BCUT2D eigenvalue weighted by Crippen LogP contribution is 2.20. The van der Waals surface area contributed by atoms with E-state index in [0.29, 0.717) is 19.6 Å². The summed E-state index contributed by atoms with van der Waals surface area (Å²) in [5, 5.41) is 0. The zero-order valence-corrected chi connectivity index (χ0v) is 8.02. The van der Waals surface area contributed by atoms with Gasteiger partial charge in [0.25, 0.3) is 0 Å². The van der Waals surface area contributed by atoms with E-state index in [1.165, 1.54) is 0 Å². The summed E-state index contributed by atoms with van der Waals surface area (Å²) in [5.41, 5.74) is 5.65. The van der Waals surface area contributed by atoms with Gasteiger partial charge >= 0.3 is 5.97 Å². The molecule has 4 nitrogen and oxygen atoms in total. The molecule has 14 heavy (non-hydrogen) atoms. The van der Waals surface area contributed by atoms with Gasteiger partial charge in [-0.25, -0.2) is 0 Å². The highest BCUT2D eigenvalue weighted by atomic mass is 16.6. The van der Waals surface area contributed by atoms with E-state index in [2.05, 4.69) is 0 Å². The number of carbonyl (C=O) groups excluding carboxylic acids is 1. The lowest BCUT2D eigenvalue weighted by Gasteiger charge is -2.13. The van der Waals surface area contributed by atoms with Gasteiger partial charge in [-0.15, -0.1) is 0 Å². The minimum atomic E-state index is -0.162. The van der Waals surface area contributed by atoms with Gasteiger partial charge in [-0.1, -0.05) is 12.2 Å². The standard InChI is InChI=1S/C10H15NO3/c11-8-2-1-7(5-8)10(12)14-9-3-4-13-6-9/h1-2,7-9H,3-6,11H2. The highest BCUT2D eigenvalue weighted by molar-refractivity contribution is 5.75. The van der Waals surface area contributed by atoms with Crippen LogP contribution in [0.2, 0.25) is 0 Å². The molecule has 3 unspecified atom stereocenters. The van der Waals surface area contributed by atoms with Gasteiger partial charge in [0.2, 0.25) is 0 Å². The number of ether oxygens (including phenoxy) is 2. The third-order valence-electron chi connectivity index (χ3n) is 2.59. The summed E-state index contributed by atoms with van der Waals surface area (Å²) in [5.74, 6) is -0.310. The Morgan fingerprint density at radius 3 is 2.93 bits per heavy atom. The highest BCUT2D eigenvalue weighted by Gasteiger charge is 2.27. The molecule has 1 saturated heterocycles. The van der Waals surface area contributed by atoms with Gasteiger partial charge in [0.15, 0.2) is 0 Å². The SMILES string of the molecule is NC1C=CC(C(=O)OC2CCOC2)C1. The number of hydrogen-bond acceptors (Lipinski definition) is 4. The van der Waals surface area contributed by atoms with Crippen LogP contribution in [-0.2, 0) is 14.3 Å². The van der Waals surface area contributed by atoms with E-state index >= 15 is 0 Å². The zero-order valence-electron chi connectivity index (χ0n) is 8.02. The smallest absolute Gasteiger partial charge is 0.313 e. The van der Waals surface area contributed by atoms with Gasteiger partial charge in [0.1, 0.15) is 6.10 Å². The second kappa shape index (κ2) is 4.11. The Kier molecular flexibility index (Phi) is 2.84. The molecule has 0 bridgehead atoms. The molecule has 3 atom stereocenters. The second-order valence-electron chi connectivity index (χ2n) is 3.81. The van der Waals surface area contributed by atoms with E-state index in [0.717, 1.165) is 6.42 Å². The van der Waals surface area contributed by atoms with Crippen molar-refractivity contribution in [3.63, 3.8) is 0 Å². The molecular formula is C10H15NO3. The minimum Gasteiger partial charge on any atom is -0.459 e. The Bertz CT molecular complexity index is 246. The monoisotopic (exact) mass is 197 g/mol. The summed E-state index contributed by atoms with van der Waals surface area (Å²) in [4.78, 5) is 11.6. The van der Waals surface area contributed by atoms with Crippen LogP contribution < -0.4 is 5.73 Å². The van der Waals surface area contributed by atoms with E-state index in [1.807, 2.05) is 12.2 Å². The molecule has 0 saturated carbocycles. The number of esters is 1. The molecule has 1 aliphatic heterocycles. The van der Waals surface area contributed by atoms with Crippen molar-refractivity contribution in [2.75, 3.05) is 13.2 Å². The maximum absolute atomic E-state index is 11.6. The Morgan fingerprint density at radius 2 is 2.36 bits per heavy atom. The Hall–Kier alpha value is -0.870. The summed E-state index contributed by atoms with van der Waals surface area (Å²) in [6.45, 7) is 1.23. The van der Waals surface area contributed by atoms with Crippen LogP contribution in [0.1, 0.15) is 12.8 Å². The quantitative estimate of drug-likeness (QED) is 0.508. The molecule has 1 heterocycles. The van der Waals surface area contributed by atoms with Gasteiger partial charge in [0, 0.05) is 12.5 Å². The van der Waals surface area contributed by atoms with E-state index in [1.54, 1.807) is 0 Å². The zero-order chi connectivity index (χ0) is 9.97. The van der Waals surface area contributed by atoms with Crippen LogP contribution in [0, 0.1) is 5.92 Å². The summed E-state index contributed by atoms with van der Waals surface area (Å²) < 4.78 is 10.4. The van der Waals surface area contributed by atoms with Crippen molar-refractivity contribution in [2.24, 2.45) is 11.7 Å². The molecule has 0 aromatic carbocycles. The fraction of sp³-hybridized carbons (Fsp3) is 0.700. The molecule has 4 heteroatoms. The Morgan fingerprint density at radius 1 is 1.50 bits per heavy atom. The molecule has 0 amide bonds. The van der Waals surface area contributed by atoms with E-state index < -0.39 is 0 Å². The van der Waals surface area contributed by atoms with Gasteiger partial charge < -0.3 is 15.2 Å². The minimum absolute atomic E-state index is 0.00683. The molecule has 0 spiro atoms. The number of nitrogens with two attached hydrogens (primary N) is 1. The van der Waals surface area contributed by atoms with E-state index in [-0.39, 0.29) is 24.0 Å². The van der Waals surface area contributed by atoms with Crippen LogP contribution in [0.15, 0.2) is 12.2 Å². The normalized spacial score (nSPS) is 36.2. The summed E-state index contributed by atoms with van der Waals surface area (Å²) in [7, 11) is 0. The first-order valence-electron chi connectivity index (χ1n) is 4.98. The average molecular weight is 197 g/mol. The number of hydrogen-bond donors (Lipinski definition) is 1. The Labute approximate surface area is 83.1 Å². The van der Waals surface area contributed by atoms with Crippen molar-refractivity contribution in [3.05, 3.63) is 12.2 Å². The van der Waals surface area contributed by atoms with Gasteiger partial charge in [-0.2, -0.15) is 0 Å². The van der Waals surface area contributed by atoms with Crippen molar-refractivity contribution < 1.29 is 14.3 Å². The molecule has 1 aliphatic carbocycles. The summed E-state index contributed by atoms with van der Waals surface area (Å²) >= 11 is 0. The third-order valence-corrected chi connectivity index (χ3v) is 2.59. The third kappa shape index (κ3) is 2.13. The molecule has 2 rings (SSSR count). The van der Waals surface area contributed by atoms with Crippen molar-refractivity contribution in [3.8, 4) is 0 Å². The van der Waals surface area contributed by atoms with Crippen LogP contribution in [-0.4, -0.2) is 31.3 Å². The predicted molar refractivity (Wildman–Crippen MR) is 50.5 cm³/mol. The average Bonchev–Trinajstić information content (AvgIpc) is 2.75. The van der Waals surface area contributed by atoms with Crippen molar-refractivity contribution in [1.29, 1.82) is 0 Å².